The van der Waals surface area contributed by atoms with Crippen molar-refractivity contribution in [3.8, 4) is 0 Å². The van der Waals surface area contributed by atoms with Gasteiger partial charge in [0.1, 0.15) is 0 Å². The Morgan fingerprint density at radius 3 is 1.75 bits per heavy atom. The molecule has 2 rings (SSSR count). The molecule has 0 saturated heterocycles. The third-order valence-corrected chi connectivity index (χ3v) is 3.69. The molecule has 0 radical (unpaired) electrons. The summed E-state index contributed by atoms with van der Waals surface area (Å²) in [6.07, 6.45) is -10.1. The average Bonchev–Trinajstić information content (AvgIpc) is 2.56. The maximum atomic E-state index is 12.8. The zero-order valence-electron chi connectivity index (χ0n) is 14.5. The van der Waals surface area contributed by atoms with E-state index >= 15 is 0 Å². The summed E-state index contributed by atoms with van der Waals surface area (Å²) >= 11 is 0. The fourth-order valence-electron chi connectivity index (χ4n) is 2.26. The van der Waals surface area contributed by atoms with Crippen LogP contribution in [0.25, 0.3) is 0 Å². The summed E-state index contributed by atoms with van der Waals surface area (Å²) in [6.45, 7) is 3.38. The van der Waals surface area contributed by atoms with Gasteiger partial charge in [0.25, 0.3) is 0 Å². The Kier molecular flexibility index (Phi) is 5.72. The van der Waals surface area contributed by atoms with Gasteiger partial charge in [-0.15, -0.1) is 0 Å². The van der Waals surface area contributed by atoms with Crippen molar-refractivity contribution in [2.75, 3.05) is 10.6 Å². The molecule has 10 heteroatoms. The molecule has 2 aromatic carbocycles. The van der Waals surface area contributed by atoms with Crippen LogP contribution in [0.4, 0.5) is 37.7 Å². The average molecular weight is 404 g/mol. The molecule has 0 aliphatic heterocycles. The number of halogens is 6. The molecule has 0 heterocycles. The van der Waals surface area contributed by atoms with Crippen LogP contribution in [-0.2, 0) is 21.9 Å². The molecule has 0 unspecified atom stereocenters. The topological polar surface area (TPSA) is 58.2 Å². The maximum absolute atomic E-state index is 12.8. The molecule has 0 aromatic heterocycles. The number of carbonyl (C=O) groups excluding carboxylic acids is 2. The summed E-state index contributed by atoms with van der Waals surface area (Å²) in [4.78, 5) is 23.9. The Morgan fingerprint density at radius 2 is 1.25 bits per heavy atom. The first kappa shape index (κ1) is 21.3. The number of hydrogen-bond acceptors (Lipinski definition) is 2. The molecule has 0 aliphatic rings. The number of amides is 2. The zero-order valence-corrected chi connectivity index (χ0v) is 14.5. The minimum Gasteiger partial charge on any atom is -0.318 e. The van der Waals surface area contributed by atoms with Crippen molar-refractivity contribution in [2.45, 2.75) is 26.2 Å². The molecule has 0 fully saturated rings. The molecule has 150 valence electrons. The van der Waals surface area contributed by atoms with Crippen molar-refractivity contribution in [2.24, 2.45) is 0 Å². The minimum absolute atomic E-state index is 0.0775. The number of carbonyl (C=O) groups is 2. The molecule has 4 nitrogen and oxygen atoms in total. The number of nitrogens with one attached hydrogen (secondary N) is 2. The Balaban J connectivity index is 2.27. The molecule has 28 heavy (non-hydrogen) atoms. The molecule has 0 aliphatic carbocycles. The molecule has 2 aromatic rings. The lowest BCUT2D eigenvalue weighted by atomic mass is 10.1. The van der Waals surface area contributed by atoms with Crippen molar-refractivity contribution < 1.29 is 35.9 Å². The van der Waals surface area contributed by atoms with E-state index in [1.165, 1.54) is 0 Å². The van der Waals surface area contributed by atoms with Crippen molar-refractivity contribution in [3.05, 3.63) is 58.7 Å². The summed E-state index contributed by atoms with van der Waals surface area (Å²) in [5.74, 6) is -2.65. The standard InChI is InChI=1S/C18H14F6N2O2/c1-9-3-4-10(2)14(5-9)26-16(28)15(27)25-13-7-11(17(19,20)21)6-12(8-13)18(22,23)24/h3-8H,1-2H3,(H,25,27)(H,26,28). The number of aryl methyl sites for hydroxylation is 2. The first-order valence-electron chi connectivity index (χ1n) is 7.76. The van der Waals surface area contributed by atoms with Crippen LogP contribution in [0.5, 0.6) is 0 Å². The molecule has 2 N–H and O–H groups in total. The molecular formula is C18H14F6N2O2. The first-order chi connectivity index (χ1) is 12.8. The summed E-state index contributed by atoms with van der Waals surface area (Å²) < 4.78 is 77.1. The summed E-state index contributed by atoms with van der Waals surface area (Å²) in [6, 6.07) is 5.55. The van der Waals surface area contributed by atoms with E-state index in [-0.39, 0.29) is 6.07 Å². The van der Waals surface area contributed by atoms with Crippen LogP contribution in [0.15, 0.2) is 36.4 Å². The predicted octanol–water partition coefficient (Wildman–Crippen LogP) is 4.92. The number of benzene rings is 2. The fraction of sp³-hybridized carbons (Fsp3) is 0.222. The van der Waals surface area contributed by atoms with Crippen LogP contribution in [0, 0.1) is 13.8 Å². The van der Waals surface area contributed by atoms with Crippen LogP contribution in [0.2, 0.25) is 0 Å². The number of alkyl halides is 6. The van der Waals surface area contributed by atoms with E-state index in [1.807, 2.05) is 0 Å². The number of rotatable bonds is 2. The van der Waals surface area contributed by atoms with Crippen LogP contribution >= 0.6 is 0 Å². The van der Waals surface area contributed by atoms with E-state index in [0.717, 1.165) is 5.56 Å². The maximum Gasteiger partial charge on any atom is 0.416 e. The van der Waals surface area contributed by atoms with Gasteiger partial charge in [-0.25, -0.2) is 0 Å². The van der Waals surface area contributed by atoms with E-state index < -0.39 is 41.0 Å². The Labute approximate surface area is 155 Å². The highest BCUT2D eigenvalue weighted by atomic mass is 19.4. The molecule has 2 amide bonds. The van der Waals surface area contributed by atoms with E-state index in [4.69, 9.17) is 0 Å². The third kappa shape index (κ3) is 5.24. The normalized spacial score (nSPS) is 11.9. The second kappa shape index (κ2) is 7.53. The van der Waals surface area contributed by atoms with Crippen LogP contribution in [0.3, 0.4) is 0 Å². The summed E-state index contributed by atoms with van der Waals surface area (Å²) in [5, 5.41) is 4.04. The number of anilines is 2. The van der Waals surface area contributed by atoms with Crippen molar-refractivity contribution in [3.63, 3.8) is 0 Å². The zero-order chi connectivity index (χ0) is 21.3. The van der Waals surface area contributed by atoms with Gasteiger partial charge in [0.15, 0.2) is 0 Å². The lowest BCUT2D eigenvalue weighted by molar-refractivity contribution is -0.143. The van der Waals surface area contributed by atoms with Gasteiger partial charge in [0, 0.05) is 11.4 Å². The highest BCUT2D eigenvalue weighted by Gasteiger charge is 2.37. The van der Waals surface area contributed by atoms with Crippen molar-refractivity contribution >= 4 is 23.2 Å². The van der Waals surface area contributed by atoms with Crippen LogP contribution in [-0.4, -0.2) is 11.8 Å². The number of hydrogen-bond donors (Lipinski definition) is 2. The minimum atomic E-state index is -5.07. The monoisotopic (exact) mass is 404 g/mol. The fourth-order valence-corrected chi connectivity index (χ4v) is 2.26. The van der Waals surface area contributed by atoms with E-state index in [2.05, 4.69) is 5.32 Å². The van der Waals surface area contributed by atoms with Crippen LogP contribution < -0.4 is 10.6 Å². The second-order valence-corrected chi connectivity index (χ2v) is 6.02. The summed E-state index contributed by atoms with van der Waals surface area (Å²) in [7, 11) is 0. The van der Waals surface area contributed by atoms with Gasteiger partial charge < -0.3 is 10.6 Å². The molecular weight excluding hydrogens is 390 g/mol. The highest BCUT2D eigenvalue weighted by molar-refractivity contribution is 6.43. The first-order valence-corrected chi connectivity index (χ1v) is 7.76. The highest BCUT2D eigenvalue weighted by Crippen LogP contribution is 2.37. The Morgan fingerprint density at radius 1 is 0.750 bits per heavy atom. The third-order valence-electron chi connectivity index (χ3n) is 3.69. The van der Waals surface area contributed by atoms with Crippen molar-refractivity contribution in [1.82, 2.24) is 0 Å². The van der Waals surface area contributed by atoms with Gasteiger partial charge in [-0.1, -0.05) is 12.1 Å². The van der Waals surface area contributed by atoms with Gasteiger partial charge in [0.2, 0.25) is 0 Å². The SMILES string of the molecule is Cc1ccc(C)c(NC(=O)C(=O)Nc2cc(C(F)(F)F)cc(C(F)(F)F)c2)c1. The quantitative estimate of drug-likeness (QED) is 0.552. The Hall–Kier alpha value is -3.04. The van der Waals surface area contributed by atoms with E-state index in [0.29, 0.717) is 23.4 Å². The van der Waals surface area contributed by atoms with Gasteiger partial charge in [-0.05, 0) is 49.2 Å². The van der Waals surface area contributed by atoms with Gasteiger partial charge in [-0.3, -0.25) is 9.59 Å². The molecule has 0 atom stereocenters. The van der Waals surface area contributed by atoms with Crippen molar-refractivity contribution in [1.29, 1.82) is 0 Å². The predicted molar refractivity (Wildman–Crippen MR) is 89.6 cm³/mol. The Bertz CT molecular complexity index is 887. The van der Waals surface area contributed by atoms with Crippen LogP contribution in [0.1, 0.15) is 22.3 Å². The lowest BCUT2D eigenvalue weighted by Gasteiger charge is -2.15. The van der Waals surface area contributed by atoms with Gasteiger partial charge >= 0.3 is 24.2 Å². The van der Waals surface area contributed by atoms with Gasteiger partial charge in [-0.2, -0.15) is 26.3 Å². The summed E-state index contributed by atoms with van der Waals surface area (Å²) in [5.41, 5.74) is -2.33. The molecule has 0 spiro atoms. The lowest BCUT2D eigenvalue weighted by Crippen LogP contribution is -2.29. The van der Waals surface area contributed by atoms with E-state index in [1.54, 1.807) is 37.4 Å². The molecule has 0 bridgehead atoms. The van der Waals surface area contributed by atoms with Gasteiger partial charge in [0.05, 0.1) is 11.1 Å². The largest absolute Gasteiger partial charge is 0.416 e. The smallest absolute Gasteiger partial charge is 0.318 e. The van der Waals surface area contributed by atoms with E-state index in [9.17, 15) is 35.9 Å². The second-order valence-electron chi connectivity index (χ2n) is 6.02. The molecule has 0 saturated carbocycles.